The van der Waals surface area contributed by atoms with E-state index in [1.54, 1.807) is 0 Å². The molecule has 0 saturated heterocycles. The third-order valence-electron chi connectivity index (χ3n) is 59.9. The van der Waals surface area contributed by atoms with Gasteiger partial charge in [0.2, 0.25) is 0 Å². The summed E-state index contributed by atoms with van der Waals surface area (Å²) in [6.45, 7) is 170. The molecule has 2 heteroatoms. The highest BCUT2D eigenvalue weighted by atomic mass is 16.6. The van der Waals surface area contributed by atoms with Gasteiger partial charge in [0.05, 0.1) is 5.41 Å². The molecule has 0 aliphatic heterocycles. The molecule has 1 saturated carbocycles. The van der Waals surface area contributed by atoms with Crippen LogP contribution in [0.4, 0.5) is 0 Å². The zero-order chi connectivity index (χ0) is 105. The summed E-state index contributed by atoms with van der Waals surface area (Å²) in [4.78, 5) is 15.9. The molecule has 0 aromatic carbocycles. The first-order chi connectivity index (χ1) is 59.5. The summed E-state index contributed by atoms with van der Waals surface area (Å²) < 4.78 is 7.14. The summed E-state index contributed by atoms with van der Waals surface area (Å²) in [5, 5.41) is 0. The molecule has 0 radical (unpaired) electrons. The number of hydrogen-bond acceptors (Lipinski definition) is 2. The summed E-state index contributed by atoms with van der Waals surface area (Å²) in [7, 11) is 0. The van der Waals surface area contributed by atoms with Gasteiger partial charge in [-0.2, -0.15) is 0 Å². The molecule has 131 heavy (non-hydrogen) atoms. The third kappa shape index (κ3) is 15.1. The fraction of sp³-hybridized carbons (Fsp3) is 0.992. The zero-order valence-electron chi connectivity index (χ0n) is 104. The molecular formula is C129H256O2. The van der Waals surface area contributed by atoms with E-state index in [9.17, 15) is 0 Å². The van der Waals surface area contributed by atoms with Crippen LogP contribution < -0.4 is 0 Å². The molecule has 0 aromatic heterocycles. The van der Waals surface area contributed by atoms with Crippen LogP contribution >= 0.6 is 0 Å². The molecule has 0 aromatic rings. The molecule has 0 heterocycles. The van der Waals surface area contributed by atoms with Crippen LogP contribution in [0.15, 0.2) is 0 Å². The van der Waals surface area contributed by atoms with Gasteiger partial charge in [0.1, 0.15) is 5.60 Å². The lowest BCUT2D eigenvalue weighted by Gasteiger charge is -2.79. The fourth-order valence-corrected chi connectivity index (χ4v) is 42.1. The maximum absolute atomic E-state index is 15.9. The van der Waals surface area contributed by atoms with E-state index < -0.39 is 5.41 Å². The Morgan fingerprint density at radius 3 is 0.359 bits per heavy atom. The summed E-state index contributed by atoms with van der Waals surface area (Å²) in [6.07, 6.45) is 38.4. The summed E-state index contributed by atoms with van der Waals surface area (Å²) in [5.41, 5.74) is -4.20. The average molecular weight is 1840 g/mol. The van der Waals surface area contributed by atoms with Crippen molar-refractivity contribution in [3.63, 3.8) is 0 Å². The third-order valence-corrected chi connectivity index (χ3v) is 59.9. The van der Waals surface area contributed by atoms with Gasteiger partial charge in [0.15, 0.2) is 0 Å². The van der Waals surface area contributed by atoms with Crippen molar-refractivity contribution in [1.29, 1.82) is 0 Å². The van der Waals surface area contributed by atoms with E-state index in [0.717, 1.165) is 193 Å². The molecule has 1 aliphatic carbocycles. The van der Waals surface area contributed by atoms with Crippen LogP contribution in [-0.2, 0) is 9.53 Å². The van der Waals surface area contributed by atoms with Gasteiger partial charge in [0.25, 0.3) is 0 Å². The van der Waals surface area contributed by atoms with Crippen LogP contribution in [0, 0.1) is 162 Å². The predicted molar refractivity (Wildman–Crippen MR) is 595 cm³/mol. The second-order valence-corrected chi connectivity index (χ2v) is 54.3. The van der Waals surface area contributed by atoms with E-state index in [1.165, 1.54) is 32.1 Å². The molecule has 0 amide bonds. The summed E-state index contributed by atoms with van der Waals surface area (Å²) >= 11 is 0. The molecular weight excluding hydrogens is 1580 g/mol. The van der Waals surface area contributed by atoms with Gasteiger partial charge < -0.3 is 4.74 Å². The average Bonchev–Trinajstić information content (AvgIpc) is 0.692. The molecule has 1 aliphatic rings. The van der Waals surface area contributed by atoms with Crippen molar-refractivity contribution in [2.45, 2.75) is 660 Å². The second kappa shape index (κ2) is 42.4. The minimum Gasteiger partial charge on any atom is -0.459 e. The number of carbonyl (C=O) groups is 1. The van der Waals surface area contributed by atoms with Crippen LogP contribution in [-0.4, -0.2) is 11.6 Å². The minimum absolute atomic E-state index is 0.0160. The lowest BCUT2D eigenvalue weighted by molar-refractivity contribution is -0.316. The lowest BCUT2D eigenvalue weighted by atomic mass is 9.25. The number of ether oxygens (including phenoxy) is 1. The zero-order valence-corrected chi connectivity index (χ0v) is 104. The first kappa shape index (κ1) is 128. The normalized spacial score (nSPS) is 27.6. The molecule has 0 bridgehead atoms. The van der Waals surface area contributed by atoms with Crippen LogP contribution in [0.25, 0.3) is 0 Å². The Morgan fingerprint density at radius 1 is 0.160 bits per heavy atom. The Morgan fingerprint density at radius 2 is 0.267 bits per heavy atom. The summed E-state index contributed by atoms with van der Waals surface area (Å²) in [5.74, 6) is 0.0624. The van der Waals surface area contributed by atoms with Crippen molar-refractivity contribution in [3.8, 4) is 0 Å². The highest BCUT2D eigenvalue weighted by Gasteiger charge is 2.82. The number of hydrogen-bond donors (Lipinski definition) is 0. The standard InChI is InChI=1S/C129H256O2/c1-63-99(32,33)101(35,65-3)103(37,67-5)105(39,69-7)107(41,71-9)109(43,73-11)111(45,75-13)113(47,77-15)115(49,79-17)117(51,81-19)119(53,83-21)121(55,85-23)123(57,87-25)125(59,89-27)127(61,91-29)128(62,92-30)126(60,90-28)124(58,88-26)122(56,86-24)120(54,84-22)118(52,82-20)116(50,80-18)114(48,78-16)112(46,76-14)110(44,74-12)108(42,72-10)106(40,70-8)104(38,68-6)102(36,66-4)100(34,64-2)98(130)131-129(93-31)96-94-95-97-129/h63-97H2,1-62H3. The van der Waals surface area contributed by atoms with Crippen molar-refractivity contribution in [1.82, 2.24) is 0 Å². The van der Waals surface area contributed by atoms with Crippen molar-refractivity contribution < 1.29 is 9.53 Å². The Labute approximate surface area is 832 Å². The SMILES string of the molecule is CCC1(OC(=O)C(C)(CC)C(C)(CC)C(C)(CC)C(C)(CC)C(C)(CC)C(C)(CC)C(C)(CC)C(C)(CC)C(C)(CC)C(C)(CC)C(C)(CC)C(C)(CC)C(C)(CC)C(C)(CC)C(C)(CC)C(C)(CC)C(C)(CC)C(C)(CC)C(C)(CC)C(C)(CC)C(C)(CC)C(C)(CC)C(C)(CC)C(C)(CC)C(C)(CC)C(C)(CC)C(C)(CC)C(C)(CC)C(C)(CC)C(C)(C)CC)CCCC1. The molecule has 1 rings (SSSR count). The van der Waals surface area contributed by atoms with E-state index in [-0.39, 0.29) is 169 Å². The highest BCUT2D eigenvalue weighted by Crippen LogP contribution is 2.88. The van der Waals surface area contributed by atoms with Gasteiger partial charge in [0, 0.05) is 0 Å². The van der Waals surface area contributed by atoms with Crippen molar-refractivity contribution >= 4 is 5.97 Å². The predicted octanol–water partition coefficient (Wildman–Crippen LogP) is 44.8. The lowest BCUT2D eigenvalue weighted by Crippen LogP contribution is -2.73. The first-order valence-corrected chi connectivity index (χ1v) is 58.7. The van der Waals surface area contributed by atoms with Crippen molar-refractivity contribution in [3.05, 3.63) is 0 Å². The minimum atomic E-state index is -0.695. The maximum Gasteiger partial charge on any atom is 0.312 e. The van der Waals surface area contributed by atoms with Crippen LogP contribution in [0.2, 0.25) is 0 Å². The number of rotatable bonds is 62. The Hall–Kier alpha value is -0.530. The quantitative estimate of drug-likeness (QED) is 0.0568. The molecule has 0 N–H and O–H groups in total. The van der Waals surface area contributed by atoms with Gasteiger partial charge in [-0.25, -0.2) is 0 Å². The van der Waals surface area contributed by atoms with Crippen molar-refractivity contribution in [2.24, 2.45) is 162 Å². The van der Waals surface area contributed by atoms with Gasteiger partial charge in [-0.1, -0.05) is 429 Å². The van der Waals surface area contributed by atoms with E-state index in [1.807, 2.05) is 0 Å². The molecule has 2 nitrogen and oxygen atoms in total. The molecule has 29 atom stereocenters. The van der Waals surface area contributed by atoms with Crippen LogP contribution in [0.3, 0.4) is 0 Å². The van der Waals surface area contributed by atoms with Gasteiger partial charge >= 0.3 is 5.97 Å². The van der Waals surface area contributed by atoms with E-state index in [0.29, 0.717) is 0 Å². The highest BCUT2D eigenvalue weighted by molar-refractivity contribution is 5.78. The van der Waals surface area contributed by atoms with Crippen molar-refractivity contribution in [2.75, 3.05) is 0 Å². The molecule has 0 spiro atoms. The molecule has 29 unspecified atom stereocenters. The summed E-state index contributed by atoms with van der Waals surface area (Å²) in [6, 6.07) is 0. The molecule has 1 fully saturated rings. The number of carbonyl (C=O) groups excluding carboxylic acids is 1. The van der Waals surface area contributed by atoms with E-state index in [2.05, 4.69) is 429 Å². The van der Waals surface area contributed by atoms with Gasteiger partial charge in [-0.3, -0.25) is 4.79 Å². The van der Waals surface area contributed by atoms with E-state index in [4.69, 9.17) is 4.74 Å². The topological polar surface area (TPSA) is 26.3 Å². The Bertz CT molecular complexity index is 3470. The molecule has 784 valence electrons. The Kier molecular flexibility index (Phi) is 41.6. The van der Waals surface area contributed by atoms with Crippen LogP contribution in [0.1, 0.15) is 654 Å². The van der Waals surface area contributed by atoms with E-state index >= 15 is 4.79 Å². The number of esters is 1. The Balaban J connectivity index is 5.40. The van der Waals surface area contributed by atoms with Crippen LogP contribution in [0.5, 0.6) is 0 Å². The monoisotopic (exact) mass is 1840 g/mol. The van der Waals surface area contributed by atoms with Gasteiger partial charge in [-0.05, 0) is 382 Å². The fourth-order valence-electron chi connectivity index (χ4n) is 42.1. The maximum atomic E-state index is 15.9. The largest absolute Gasteiger partial charge is 0.459 e. The van der Waals surface area contributed by atoms with Gasteiger partial charge in [-0.15, -0.1) is 0 Å². The first-order valence-electron chi connectivity index (χ1n) is 58.7. The smallest absolute Gasteiger partial charge is 0.312 e. The second-order valence-electron chi connectivity index (χ2n) is 54.3.